The SMILES string of the molecule is CCOC(=O)C1=C(C)N=c2s/c(=C\c3cc(Cl)c(OCc4ccc([N+](=O)[O-])cc4)c(OC)c3)c(=O)n2[C@H]1c1cc(OC)c(OC)cc1Br. The van der Waals surface area contributed by atoms with E-state index in [1.807, 2.05) is 0 Å². The highest BCUT2D eigenvalue weighted by molar-refractivity contribution is 9.10. The summed E-state index contributed by atoms with van der Waals surface area (Å²) in [6.07, 6.45) is 1.66. The van der Waals surface area contributed by atoms with Gasteiger partial charge in [-0.15, -0.1) is 0 Å². The molecule has 48 heavy (non-hydrogen) atoms. The van der Waals surface area contributed by atoms with Crippen LogP contribution < -0.4 is 33.8 Å². The Balaban J connectivity index is 1.59. The van der Waals surface area contributed by atoms with E-state index in [9.17, 15) is 19.7 Å². The summed E-state index contributed by atoms with van der Waals surface area (Å²) in [5, 5.41) is 11.2. The molecule has 0 aliphatic carbocycles. The van der Waals surface area contributed by atoms with Gasteiger partial charge in [0.15, 0.2) is 27.8 Å². The Morgan fingerprint density at radius 2 is 1.75 bits per heavy atom. The lowest BCUT2D eigenvalue weighted by atomic mass is 9.95. The van der Waals surface area contributed by atoms with E-state index in [-0.39, 0.29) is 35.2 Å². The number of rotatable bonds is 11. The van der Waals surface area contributed by atoms with E-state index < -0.39 is 22.5 Å². The molecule has 3 aromatic carbocycles. The quantitative estimate of drug-likeness (QED) is 0.107. The molecule has 1 aliphatic rings. The molecule has 0 saturated heterocycles. The number of esters is 1. The largest absolute Gasteiger partial charge is 0.493 e. The van der Waals surface area contributed by atoms with Crippen molar-refractivity contribution >= 4 is 56.6 Å². The number of fused-ring (bicyclic) bond motifs is 1. The van der Waals surface area contributed by atoms with Crippen molar-refractivity contribution in [1.82, 2.24) is 4.57 Å². The number of nitrogens with zero attached hydrogens (tertiary/aromatic N) is 3. The highest BCUT2D eigenvalue weighted by atomic mass is 79.9. The number of nitro benzene ring substituents is 1. The van der Waals surface area contributed by atoms with Gasteiger partial charge in [0.1, 0.15) is 6.61 Å². The van der Waals surface area contributed by atoms with Crippen molar-refractivity contribution in [3.05, 3.63) is 116 Å². The van der Waals surface area contributed by atoms with E-state index in [1.165, 1.54) is 38.0 Å². The minimum absolute atomic E-state index is 0.0287. The maximum atomic E-state index is 14.2. The Hall–Kier alpha value is -4.66. The van der Waals surface area contributed by atoms with Crippen LogP contribution in [0.25, 0.3) is 6.08 Å². The monoisotopic (exact) mass is 757 g/mol. The van der Waals surface area contributed by atoms with Crippen LogP contribution in [0.4, 0.5) is 5.69 Å². The van der Waals surface area contributed by atoms with Crippen LogP contribution in [0.5, 0.6) is 23.0 Å². The molecule has 1 aliphatic heterocycles. The number of allylic oxidation sites excluding steroid dienone is 1. The standard InChI is InChI=1S/C33H29BrClN3O9S/c1-6-46-32(40)28-17(2)36-33-37(29(28)21-14-24(43-3)25(44-4)15-22(21)34)31(39)27(48-33)13-19-11-23(35)30(26(12-19)45-5)47-16-18-7-9-20(10-8-18)38(41)42/h7-15,29H,6,16H2,1-5H3/b27-13-/t29-/m0/s1. The zero-order valence-electron chi connectivity index (χ0n) is 26.4. The van der Waals surface area contributed by atoms with E-state index in [4.69, 9.17) is 35.3 Å². The lowest BCUT2D eigenvalue weighted by Crippen LogP contribution is -2.40. The molecule has 4 aromatic rings. The lowest BCUT2D eigenvalue weighted by molar-refractivity contribution is -0.384. The number of hydrogen-bond donors (Lipinski definition) is 0. The Kier molecular flexibility index (Phi) is 10.6. The number of carbonyl (C=O) groups excluding carboxylic acids is 1. The fraction of sp³-hybridized carbons (Fsp3) is 0.242. The second-order valence-corrected chi connectivity index (χ2v) is 12.5. The average Bonchev–Trinajstić information content (AvgIpc) is 3.36. The van der Waals surface area contributed by atoms with Crippen molar-refractivity contribution < 1.29 is 33.4 Å². The Morgan fingerprint density at radius 1 is 1.08 bits per heavy atom. The lowest BCUT2D eigenvalue weighted by Gasteiger charge is -2.26. The number of halogens is 2. The third-order valence-corrected chi connectivity index (χ3v) is 9.34. The van der Waals surface area contributed by atoms with Gasteiger partial charge in [0.05, 0.1) is 59.7 Å². The molecule has 0 amide bonds. The van der Waals surface area contributed by atoms with Crippen LogP contribution in [0.1, 0.15) is 36.6 Å². The predicted molar refractivity (Wildman–Crippen MR) is 183 cm³/mol. The first-order chi connectivity index (χ1) is 23.0. The summed E-state index contributed by atoms with van der Waals surface area (Å²) < 4.78 is 30.2. The van der Waals surface area contributed by atoms with E-state index in [2.05, 4.69) is 20.9 Å². The van der Waals surface area contributed by atoms with Gasteiger partial charge in [-0.2, -0.15) is 0 Å². The number of carbonyl (C=O) groups is 1. The second kappa shape index (κ2) is 14.6. The molecule has 0 bridgehead atoms. The van der Waals surface area contributed by atoms with Crippen molar-refractivity contribution in [2.45, 2.75) is 26.5 Å². The molecule has 0 spiro atoms. The first kappa shape index (κ1) is 34.7. The highest BCUT2D eigenvalue weighted by Crippen LogP contribution is 2.41. The van der Waals surface area contributed by atoms with Gasteiger partial charge in [-0.1, -0.05) is 38.9 Å². The number of methoxy groups -OCH3 is 3. The van der Waals surface area contributed by atoms with Crippen LogP contribution in [0.15, 0.2) is 74.1 Å². The molecular weight excluding hydrogens is 730 g/mol. The average molecular weight is 759 g/mol. The summed E-state index contributed by atoms with van der Waals surface area (Å²) in [6, 6.07) is 11.8. The van der Waals surface area contributed by atoms with Crippen LogP contribution in [0, 0.1) is 10.1 Å². The smallest absolute Gasteiger partial charge is 0.338 e. The minimum atomic E-state index is -0.898. The molecule has 12 nitrogen and oxygen atoms in total. The molecule has 5 rings (SSSR count). The zero-order chi connectivity index (χ0) is 34.7. The maximum absolute atomic E-state index is 14.2. The molecule has 0 fully saturated rings. The van der Waals surface area contributed by atoms with Gasteiger partial charge >= 0.3 is 5.97 Å². The van der Waals surface area contributed by atoms with Crippen molar-refractivity contribution in [3.8, 4) is 23.0 Å². The van der Waals surface area contributed by atoms with Crippen molar-refractivity contribution in [2.75, 3.05) is 27.9 Å². The molecule has 1 atom stereocenters. The molecule has 0 saturated carbocycles. The molecule has 15 heteroatoms. The molecule has 250 valence electrons. The Labute approximate surface area is 291 Å². The van der Waals surface area contributed by atoms with Gasteiger partial charge in [0, 0.05) is 16.6 Å². The molecule has 0 radical (unpaired) electrons. The summed E-state index contributed by atoms with van der Waals surface area (Å²) in [6.45, 7) is 3.62. The second-order valence-electron chi connectivity index (χ2n) is 10.3. The summed E-state index contributed by atoms with van der Waals surface area (Å²) >= 11 is 11.4. The Bertz CT molecular complexity index is 2130. The predicted octanol–water partition coefficient (Wildman–Crippen LogP) is 5.73. The number of hydrogen-bond acceptors (Lipinski definition) is 11. The van der Waals surface area contributed by atoms with Gasteiger partial charge in [-0.3, -0.25) is 19.5 Å². The fourth-order valence-electron chi connectivity index (χ4n) is 5.15. The summed E-state index contributed by atoms with van der Waals surface area (Å²) in [4.78, 5) is 43.0. The normalized spacial score (nSPS) is 14.2. The molecule has 0 N–H and O–H groups in total. The number of benzene rings is 3. The molecule has 2 heterocycles. The van der Waals surface area contributed by atoms with Crippen molar-refractivity contribution in [2.24, 2.45) is 4.99 Å². The van der Waals surface area contributed by atoms with Crippen LogP contribution in [-0.4, -0.2) is 43.4 Å². The van der Waals surface area contributed by atoms with Gasteiger partial charge < -0.3 is 23.7 Å². The van der Waals surface area contributed by atoms with Crippen LogP contribution in [0.2, 0.25) is 5.02 Å². The molecule has 1 aromatic heterocycles. The first-order valence-corrected chi connectivity index (χ1v) is 16.3. The van der Waals surface area contributed by atoms with E-state index in [1.54, 1.807) is 56.3 Å². The zero-order valence-corrected chi connectivity index (χ0v) is 29.5. The molecule has 0 unspecified atom stereocenters. The number of ether oxygens (including phenoxy) is 5. The minimum Gasteiger partial charge on any atom is -0.493 e. The van der Waals surface area contributed by atoms with Gasteiger partial charge in [0.2, 0.25) is 0 Å². The van der Waals surface area contributed by atoms with Crippen LogP contribution in [-0.2, 0) is 16.1 Å². The highest BCUT2D eigenvalue weighted by Gasteiger charge is 2.35. The van der Waals surface area contributed by atoms with Crippen LogP contribution >= 0.6 is 38.9 Å². The number of thiazole rings is 1. The molecular formula is C33H29BrClN3O9S. The van der Waals surface area contributed by atoms with E-state index in [0.29, 0.717) is 53.4 Å². The van der Waals surface area contributed by atoms with Gasteiger partial charge in [-0.25, -0.2) is 9.79 Å². The van der Waals surface area contributed by atoms with Gasteiger partial charge in [0.25, 0.3) is 11.2 Å². The first-order valence-electron chi connectivity index (χ1n) is 14.4. The van der Waals surface area contributed by atoms with E-state index >= 15 is 0 Å². The number of non-ortho nitro benzene ring substituents is 1. The van der Waals surface area contributed by atoms with Crippen molar-refractivity contribution in [3.63, 3.8) is 0 Å². The Morgan fingerprint density at radius 3 is 2.38 bits per heavy atom. The topological polar surface area (TPSA) is 141 Å². The van der Waals surface area contributed by atoms with Crippen LogP contribution in [0.3, 0.4) is 0 Å². The third kappa shape index (κ3) is 6.82. The fourth-order valence-corrected chi connectivity index (χ4v) is 7.01. The number of nitro groups is 1. The van der Waals surface area contributed by atoms with Crippen molar-refractivity contribution in [1.29, 1.82) is 0 Å². The number of aromatic nitrogens is 1. The summed E-state index contributed by atoms with van der Waals surface area (Å²) in [5.41, 5.74) is 2.01. The maximum Gasteiger partial charge on any atom is 0.338 e. The summed E-state index contributed by atoms with van der Waals surface area (Å²) in [7, 11) is 4.47. The van der Waals surface area contributed by atoms with E-state index in [0.717, 1.165) is 11.3 Å². The third-order valence-electron chi connectivity index (χ3n) is 7.39. The van der Waals surface area contributed by atoms with Gasteiger partial charge in [-0.05, 0) is 73.0 Å². The summed E-state index contributed by atoms with van der Waals surface area (Å²) in [5.74, 6) is 0.860.